The fourth-order valence-electron chi connectivity index (χ4n) is 3.35. The van der Waals surface area contributed by atoms with Crippen LogP contribution in [0.1, 0.15) is 17.8 Å². The number of alkyl halides is 3. The summed E-state index contributed by atoms with van der Waals surface area (Å²) in [6.07, 6.45) is -1.96. The average molecular weight is 373 g/mol. The Morgan fingerprint density at radius 1 is 1.31 bits per heavy atom. The highest BCUT2D eigenvalue weighted by Crippen LogP contribution is 2.39. The van der Waals surface area contributed by atoms with Crippen molar-refractivity contribution in [3.63, 3.8) is 0 Å². The van der Waals surface area contributed by atoms with Crippen molar-refractivity contribution in [3.8, 4) is 0 Å². The first-order valence-electron chi connectivity index (χ1n) is 8.14. The topological polar surface area (TPSA) is 93.5 Å². The predicted octanol–water partition coefficient (Wildman–Crippen LogP) is 1.37. The van der Waals surface area contributed by atoms with Crippen molar-refractivity contribution in [2.45, 2.75) is 38.3 Å². The standard InChI is InChI=1S/C16H18F3N3O4/c1-8-7-11(16(17,18)19)21-22(8)6-2-5-20-14(23)12-9-3-4-10(26-9)13(12)15(24)25/h3-4,7,9-10,12-13H,2,5-6H2,1H3,(H,20,23)(H,24,25)/t9-,10+,12-,13+/m1/s1. The van der Waals surface area contributed by atoms with Gasteiger partial charge in [-0.1, -0.05) is 12.2 Å². The van der Waals surface area contributed by atoms with Gasteiger partial charge >= 0.3 is 12.1 Å². The summed E-state index contributed by atoms with van der Waals surface area (Å²) in [5.41, 5.74) is -0.574. The summed E-state index contributed by atoms with van der Waals surface area (Å²) >= 11 is 0. The summed E-state index contributed by atoms with van der Waals surface area (Å²) in [7, 11) is 0. The van der Waals surface area contributed by atoms with E-state index >= 15 is 0 Å². The monoisotopic (exact) mass is 373 g/mol. The Kier molecular flexibility index (Phi) is 4.78. The molecule has 2 aliphatic heterocycles. The van der Waals surface area contributed by atoms with E-state index in [-0.39, 0.29) is 13.1 Å². The van der Waals surface area contributed by atoms with E-state index in [0.717, 1.165) is 6.07 Å². The average Bonchev–Trinajstić information content (AvgIpc) is 3.24. The number of aryl methyl sites for hydroxylation is 2. The number of fused-ring (bicyclic) bond motifs is 2. The summed E-state index contributed by atoms with van der Waals surface area (Å²) in [6.45, 7) is 1.93. The van der Waals surface area contributed by atoms with Crippen molar-refractivity contribution in [2.75, 3.05) is 6.54 Å². The van der Waals surface area contributed by atoms with Crippen LogP contribution < -0.4 is 5.32 Å². The first-order chi connectivity index (χ1) is 12.2. The molecule has 1 amide bonds. The maximum atomic E-state index is 12.6. The SMILES string of the molecule is Cc1cc(C(F)(F)F)nn1CCCNC(=O)[C@H]1[C@@H](C(=O)O)[C@@H]2C=C[C@H]1O2. The number of rotatable bonds is 6. The van der Waals surface area contributed by atoms with Crippen molar-refractivity contribution in [2.24, 2.45) is 11.8 Å². The zero-order chi connectivity index (χ0) is 19.1. The highest BCUT2D eigenvalue weighted by molar-refractivity contribution is 5.87. The van der Waals surface area contributed by atoms with Crippen LogP contribution in [0.25, 0.3) is 0 Å². The van der Waals surface area contributed by atoms with Gasteiger partial charge in [0.05, 0.1) is 18.1 Å². The Balaban J connectivity index is 1.51. The molecule has 3 rings (SSSR count). The van der Waals surface area contributed by atoms with E-state index in [9.17, 15) is 27.9 Å². The molecule has 1 aromatic heterocycles. The van der Waals surface area contributed by atoms with Gasteiger partial charge in [-0.05, 0) is 19.4 Å². The van der Waals surface area contributed by atoms with Crippen LogP contribution in [0.3, 0.4) is 0 Å². The van der Waals surface area contributed by atoms with Crippen LogP contribution in [0.4, 0.5) is 13.2 Å². The number of carboxylic acid groups (broad SMARTS) is 1. The molecule has 4 atom stereocenters. The van der Waals surface area contributed by atoms with Gasteiger partial charge in [0.1, 0.15) is 5.92 Å². The second-order valence-electron chi connectivity index (χ2n) is 6.38. The summed E-state index contributed by atoms with van der Waals surface area (Å²) in [6, 6.07) is 0.967. The number of nitrogens with one attached hydrogen (secondary N) is 1. The predicted molar refractivity (Wildman–Crippen MR) is 82.0 cm³/mol. The molecule has 0 spiro atoms. The molecule has 26 heavy (non-hydrogen) atoms. The van der Waals surface area contributed by atoms with Crippen LogP contribution in [0.2, 0.25) is 0 Å². The largest absolute Gasteiger partial charge is 0.481 e. The van der Waals surface area contributed by atoms with E-state index in [1.165, 1.54) is 11.6 Å². The fourth-order valence-corrected chi connectivity index (χ4v) is 3.35. The minimum Gasteiger partial charge on any atom is -0.481 e. The Labute approximate surface area is 146 Å². The maximum Gasteiger partial charge on any atom is 0.435 e. The van der Waals surface area contributed by atoms with Gasteiger partial charge in [0.15, 0.2) is 5.69 Å². The lowest BCUT2D eigenvalue weighted by molar-refractivity contribution is -0.146. The van der Waals surface area contributed by atoms with Gasteiger partial charge in [-0.2, -0.15) is 18.3 Å². The molecule has 2 bridgehead atoms. The van der Waals surface area contributed by atoms with E-state index < -0.39 is 47.8 Å². The molecule has 0 radical (unpaired) electrons. The number of carboxylic acids is 1. The third-order valence-corrected chi connectivity index (χ3v) is 4.60. The summed E-state index contributed by atoms with van der Waals surface area (Å²) in [5.74, 6) is -3.24. The van der Waals surface area contributed by atoms with E-state index in [2.05, 4.69) is 10.4 Å². The minimum absolute atomic E-state index is 0.198. The van der Waals surface area contributed by atoms with Crippen LogP contribution in [0, 0.1) is 18.8 Å². The minimum atomic E-state index is -4.49. The van der Waals surface area contributed by atoms with Gasteiger partial charge in [0.2, 0.25) is 5.91 Å². The second kappa shape index (κ2) is 6.75. The third-order valence-electron chi connectivity index (χ3n) is 4.60. The number of halogens is 3. The highest BCUT2D eigenvalue weighted by atomic mass is 19.4. The lowest BCUT2D eigenvalue weighted by Crippen LogP contribution is -2.42. The van der Waals surface area contributed by atoms with Gasteiger partial charge in [0, 0.05) is 18.8 Å². The van der Waals surface area contributed by atoms with Gasteiger partial charge in [0.25, 0.3) is 0 Å². The molecule has 3 heterocycles. The number of nitrogens with zero attached hydrogens (tertiary/aromatic N) is 2. The molecule has 1 fully saturated rings. The fraction of sp³-hybridized carbons (Fsp3) is 0.562. The quantitative estimate of drug-likeness (QED) is 0.580. The van der Waals surface area contributed by atoms with E-state index in [0.29, 0.717) is 12.1 Å². The number of ether oxygens (including phenoxy) is 1. The Morgan fingerprint density at radius 3 is 2.54 bits per heavy atom. The number of aromatic nitrogens is 2. The van der Waals surface area contributed by atoms with Crippen LogP contribution in [0.5, 0.6) is 0 Å². The van der Waals surface area contributed by atoms with Crippen molar-refractivity contribution in [1.82, 2.24) is 15.1 Å². The third kappa shape index (κ3) is 3.46. The Morgan fingerprint density at radius 2 is 1.96 bits per heavy atom. The Bertz CT molecular complexity index is 744. The van der Waals surface area contributed by atoms with Gasteiger partial charge in [-0.15, -0.1) is 0 Å². The number of carbonyl (C=O) groups is 2. The molecule has 1 saturated heterocycles. The van der Waals surface area contributed by atoms with Crippen LogP contribution >= 0.6 is 0 Å². The molecule has 1 aromatic rings. The molecular formula is C16H18F3N3O4. The molecule has 0 aliphatic carbocycles. The zero-order valence-corrected chi connectivity index (χ0v) is 13.9. The Hall–Kier alpha value is -2.36. The van der Waals surface area contributed by atoms with Gasteiger partial charge < -0.3 is 15.2 Å². The summed E-state index contributed by atoms with van der Waals surface area (Å²) in [5, 5.41) is 15.4. The molecule has 10 heteroatoms. The molecule has 0 unspecified atom stereocenters. The molecule has 2 N–H and O–H groups in total. The normalized spacial score (nSPS) is 27.1. The zero-order valence-electron chi connectivity index (χ0n) is 13.9. The number of hydrogen-bond acceptors (Lipinski definition) is 4. The van der Waals surface area contributed by atoms with Crippen molar-refractivity contribution >= 4 is 11.9 Å². The smallest absolute Gasteiger partial charge is 0.435 e. The van der Waals surface area contributed by atoms with Gasteiger partial charge in [-0.25, -0.2) is 0 Å². The van der Waals surface area contributed by atoms with E-state index in [4.69, 9.17) is 4.74 Å². The summed E-state index contributed by atoms with van der Waals surface area (Å²) in [4.78, 5) is 23.6. The first-order valence-corrected chi connectivity index (χ1v) is 8.14. The second-order valence-corrected chi connectivity index (χ2v) is 6.38. The van der Waals surface area contributed by atoms with Crippen molar-refractivity contribution in [3.05, 3.63) is 29.6 Å². The van der Waals surface area contributed by atoms with E-state index in [1.54, 1.807) is 12.2 Å². The molecule has 2 aliphatic rings. The lowest BCUT2D eigenvalue weighted by atomic mass is 9.82. The number of hydrogen-bond donors (Lipinski definition) is 2. The van der Waals surface area contributed by atoms with E-state index in [1.807, 2.05) is 0 Å². The van der Waals surface area contributed by atoms with Crippen molar-refractivity contribution < 1.29 is 32.6 Å². The van der Waals surface area contributed by atoms with Crippen LogP contribution in [-0.2, 0) is 27.0 Å². The molecule has 0 saturated carbocycles. The van der Waals surface area contributed by atoms with Crippen molar-refractivity contribution in [1.29, 1.82) is 0 Å². The molecule has 0 aromatic carbocycles. The van der Waals surface area contributed by atoms with Crippen LogP contribution in [-0.4, -0.2) is 45.5 Å². The number of aliphatic carboxylic acids is 1. The lowest BCUT2D eigenvalue weighted by Gasteiger charge is -2.21. The molecule has 7 nitrogen and oxygen atoms in total. The van der Waals surface area contributed by atoms with Gasteiger partial charge in [-0.3, -0.25) is 14.3 Å². The molecular weight excluding hydrogens is 355 g/mol. The highest BCUT2D eigenvalue weighted by Gasteiger charge is 2.53. The maximum absolute atomic E-state index is 12.6. The first kappa shape index (κ1) is 18.4. The van der Waals surface area contributed by atoms with Crippen LogP contribution in [0.15, 0.2) is 18.2 Å². The number of amides is 1. The number of carbonyl (C=O) groups excluding carboxylic acids is 1. The summed E-state index contributed by atoms with van der Waals surface area (Å²) < 4.78 is 44.5. The molecule has 142 valence electrons.